The molecule has 4 rings (SSSR count). The van der Waals surface area contributed by atoms with E-state index >= 15 is 0 Å². The number of likely N-dealkylation sites (tertiary alicyclic amines) is 1. The van der Waals surface area contributed by atoms with E-state index in [9.17, 15) is 22.4 Å². The lowest BCUT2D eigenvalue weighted by Gasteiger charge is -2.25. The summed E-state index contributed by atoms with van der Waals surface area (Å²) in [4.78, 5) is 26.0. The average Bonchev–Trinajstić information content (AvgIpc) is 3.27. The van der Waals surface area contributed by atoms with Crippen LogP contribution in [-0.4, -0.2) is 43.6 Å². The van der Waals surface area contributed by atoms with Crippen LogP contribution in [0.1, 0.15) is 25.3 Å². The van der Waals surface area contributed by atoms with Gasteiger partial charge < -0.3 is 15.5 Å². The van der Waals surface area contributed by atoms with Crippen molar-refractivity contribution in [1.29, 1.82) is 0 Å². The molecular weight excluding hydrogens is 411 g/mol. The van der Waals surface area contributed by atoms with Crippen LogP contribution in [0.4, 0.5) is 15.8 Å². The first kappa shape index (κ1) is 20.0. The van der Waals surface area contributed by atoms with Crippen molar-refractivity contribution in [2.45, 2.75) is 30.7 Å². The molecule has 2 aliphatic rings. The summed E-state index contributed by atoms with van der Waals surface area (Å²) in [6.07, 6.45) is 1.21. The van der Waals surface area contributed by atoms with E-state index in [-0.39, 0.29) is 22.3 Å². The SMILES string of the molecule is CC(=O)Nc1cc(NC(=O)[C@@H]2CCCN2C2=NS(=O)(=O)c3ccccc32)ccc1F. The van der Waals surface area contributed by atoms with Gasteiger partial charge in [-0.3, -0.25) is 9.59 Å². The second-order valence-electron chi connectivity index (χ2n) is 7.10. The Labute approximate surface area is 172 Å². The second-order valence-corrected chi connectivity index (χ2v) is 8.68. The van der Waals surface area contributed by atoms with Crippen molar-refractivity contribution >= 4 is 39.0 Å². The lowest BCUT2D eigenvalue weighted by molar-refractivity contribution is -0.119. The molecule has 1 saturated heterocycles. The van der Waals surface area contributed by atoms with Crippen molar-refractivity contribution in [2.75, 3.05) is 17.2 Å². The van der Waals surface area contributed by atoms with Crippen LogP contribution in [0.2, 0.25) is 0 Å². The first-order valence-corrected chi connectivity index (χ1v) is 10.8. The number of hydrogen-bond acceptors (Lipinski definition) is 5. The van der Waals surface area contributed by atoms with Crippen molar-refractivity contribution in [1.82, 2.24) is 4.90 Å². The Balaban J connectivity index is 1.58. The second kappa shape index (κ2) is 7.52. The third kappa shape index (κ3) is 3.65. The molecule has 0 radical (unpaired) electrons. The molecule has 1 atom stereocenters. The highest BCUT2D eigenvalue weighted by molar-refractivity contribution is 7.90. The van der Waals surface area contributed by atoms with Gasteiger partial charge >= 0.3 is 0 Å². The largest absolute Gasteiger partial charge is 0.343 e. The Hall–Kier alpha value is -3.27. The molecule has 2 aromatic rings. The van der Waals surface area contributed by atoms with Gasteiger partial charge in [-0.2, -0.15) is 8.42 Å². The summed E-state index contributed by atoms with van der Waals surface area (Å²) < 4.78 is 42.5. The first-order valence-electron chi connectivity index (χ1n) is 9.35. The van der Waals surface area contributed by atoms with Crippen LogP contribution in [0.25, 0.3) is 0 Å². The van der Waals surface area contributed by atoms with Gasteiger partial charge in [0.15, 0.2) is 5.84 Å². The number of rotatable bonds is 3. The van der Waals surface area contributed by atoms with Crippen molar-refractivity contribution in [3.05, 3.63) is 53.8 Å². The van der Waals surface area contributed by atoms with Gasteiger partial charge in [-0.25, -0.2) is 4.39 Å². The number of amidine groups is 1. The quantitative estimate of drug-likeness (QED) is 0.777. The van der Waals surface area contributed by atoms with Gasteiger partial charge in [0.1, 0.15) is 16.8 Å². The molecular formula is C20H19FN4O4S. The zero-order valence-electron chi connectivity index (χ0n) is 16.1. The fourth-order valence-electron chi connectivity index (χ4n) is 3.70. The lowest BCUT2D eigenvalue weighted by Crippen LogP contribution is -2.43. The maximum absolute atomic E-state index is 13.8. The molecule has 0 saturated carbocycles. The van der Waals surface area contributed by atoms with E-state index in [1.165, 1.54) is 25.1 Å². The highest BCUT2D eigenvalue weighted by Gasteiger charge is 2.39. The highest BCUT2D eigenvalue weighted by Crippen LogP contribution is 2.31. The van der Waals surface area contributed by atoms with E-state index in [2.05, 4.69) is 15.0 Å². The van der Waals surface area contributed by atoms with Crippen LogP contribution in [0, 0.1) is 5.82 Å². The molecule has 2 aromatic carbocycles. The van der Waals surface area contributed by atoms with Crippen molar-refractivity contribution < 1.29 is 22.4 Å². The monoisotopic (exact) mass is 430 g/mol. The summed E-state index contributed by atoms with van der Waals surface area (Å²) in [6.45, 7) is 1.75. The zero-order valence-corrected chi connectivity index (χ0v) is 16.9. The molecule has 10 heteroatoms. The van der Waals surface area contributed by atoms with E-state index < -0.39 is 27.8 Å². The normalized spacial score (nSPS) is 19.2. The van der Waals surface area contributed by atoms with E-state index in [4.69, 9.17) is 0 Å². The summed E-state index contributed by atoms with van der Waals surface area (Å²) in [5.74, 6) is -1.15. The van der Waals surface area contributed by atoms with Crippen LogP contribution in [0.5, 0.6) is 0 Å². The van der Waals surface area contributed by atoms with E-state index in [1.54, 1.807) is 23.1 Å². The highest BCUT2D eigenvalue weighted by atomic mass is 32.2. The molecule has 0 spiro atoms. The Morgan fingerprint density at radius 3 is 2.70 bits per heavy atom. The number of hydrogen-bond donors (Lipinski definition) is 2. The van der Waals surface area contributed by atoms with Gasteiger partial charge in [-0.1, -0.05) is 12.1 Å². The number of carbonyl (C=O) groups is 2. The Bertz CT molecular complexity index is 1180. The molecule has 0 aromatic heterocycles. The Morgan fingerprint density at radius 1 is 1.17 bits per heavy atom. The minimum Gasteiger partial charge on any atom is -0.343 e. The van der Waals surface area contributed by atoms with Crippen molar-refractivity contribution in [3.63, 3.8) is 0 Å². The number of nitrogens with zero attached hydrogens (tertiary/aromatic N) is 2. The van der Waals surface area contributed by atoms with Crippen LogP contribution in [-0.2, 0) is 19.6 Å². The number of amides is 2. The van der Waals surface area contributed by atoms with Crippen molar-refractivity contribution in [2.24, 2.45) is 4.40 Å². The fourth-order valence-corrected chi connectivity index (χ4v) is 4.92. The zero-order chi connectivity index (χ0) is 21.5. The number of anilines is 2. The predicted octanol–water partition coefficient (Wildman–Crippen LogP) is 2.34. The van der Waals surface area contributed by atoms with E-state index in [1.807, 2.05) is 0 Å². The summed E-state index contributed by atoms with van der Waals surface area (Å²) in [5.41, 5.74) is 0.758. The minimum atomic E-state index is -3.79. The van der Waals surface area contributed by atoms with Gasteiger partial charge in [-0.15, -0.1) is 4.40 Å². The molecule has 0 aliphatic carbocycles. The molecule has 2 aliphatic heterocycles. The molecule has 0 bridgehead atoms. The molecule has 156 valence electrons. The summed E-state index contributed by atoms with van der Waals surface area (Å²) in [6, 6.07) is 9.77. The Morgan fingerprint density at radius 2 is 1.93 bits per heavy atom. The number of sulfonamides is 1. The van der Waals surface area contributed by atoms with Crippen LogP contribution in [0.3, 0.4) is 0 Å². The molecule has 8 nitrogen and oxygen atoms in total. The van der Waals surface area contributed by atoms with Gasteiger partial charge in [-0.05, 0) is 43.2 Å². The number of carbonyl (C=O) groups excluding carboxylic acids is 2. The minimum absolute atomic E-state index is 0.0382. The predicted molar refractivity (Wildman–Crippen MR) is 109 cm³/mol. The molecule has 0 unspecified atom stereocenters. The van der Waals surface area contributed by atoms with Gasteiger partial charge in [0.2, 0.25) is 11.8 Å². The number of halogens is 1. The van der Waals surface area contributed by atoms with Crippen LogP contribution >= 0.6 is 0 Å². The third-order valence-electron chi connectivity index (χ3n) is 4.98. The molecule has 2 N–H and O–H groups in total. The summed E-state index contributed by atoms with van der Waals surface area (Å²) >= 11 is 0. The molecule has 2 heterocycles. The standard InChI is InChI=1S/C20H19FN4O4S/c1-12(26)22-16-11-13(8-9-15(16)21)23-20(27)17-6-4-10-25(17)19-14-5-2-3-7-18(14)30(28,29)24-19/h2-3,5,7-9,11,17H,4,6,10H2,1H3,(H,22,26)(H,23,27)/t17-/m0/s1. The smallest absolute Gasteiger partial charge is 0.285 e. The molecule has 30 heavy (non-hydrogen) atoms. The van der Waals surface area contributed by atoms with E-state index in [0.717, 1.165) is 6.07 Å². The van der Waals surface area contributed by atoms with Crippen molar-refractivity contribution in [3.8, 4) is 0 Å². The average molecular weight is 430 g/mol. The van der Waals surface area contributed by atoms with Crippen LogP contribution in [0.15, 0.2) is 51.8 Å². The lowest BCUT2D eigenvalue weighted by atomic mass is 10.1. The van der Waals surface area contributed by atoms with Gasteiger partial charge in [0.25, 0.3) is 10.0 Å². The van der Waals surface area contributed by atoms with Gasteiger partial charge in [0.05, 0.1) is 5.69 Å². The van der Waals surface area contributed by atoms with Crippen LogP contribution < -0.4 is 10.6 Å². The topological polar surface area (TPSA) is 108 Å². The number of benzene rings is 2. The van der Waals surface area contributed by atoms with E-state index in [0.29, 0.717) is 30.6 Å². The number of fused-ring (bicyclic) bond motifs is 1. The first-order chi connectivity index (χ1) is 14.3. The number of nitrogens with one attached hydrogen (secondary N) is 2. The summed E-state index contributed by atoms with van der Waals surface area (Å²) in [7, 11) is -3.79. The maximum atomic E-state index is 13.8. The third-order valence-corrected chi connectivity index (χ3v) is 6.31. The maximum Gasteiger partial charge on any atom is 0.285 e. The molecule has 1 fully saturated rings. The summed E-state index contributed by atoms with van der Waals surface area (Å²) in [5, 5.41) is 5.09. The van der Waals surface area contributed by atoms with Gasteiger partial charge in [0, 0.05) is 24.7 Å². The fraction of sp³-hybridized carbons (Fsp3) is 0.250. The Kier molecular flexibility index (Phi) is 5.02. The molecule has 2 amide bonds.